The summed E-state index contributed by atoms with van der Waals surface area (Å²) in [4.78, 5) is 28.3. The number of fused-ring (bicyclic) bond motifs is 1. The van der Waals surface area contributed by atoms with Gasteiger partial charge in [0.1, 0.15) is 12.2 Å². The largest absolute Gasteiger partial charge is 0.490 e. The first-order valence-corrected chi connectivity index (χ1v) is 17.5. The van der Waals surface area contributed by atoms with Gasteiger partial charge in [0.05, 0.1) is 24.6 Å². The Hall–Kier alpha value is -5.06. The third kappa shape index (κ3) is 8.29. The lowest BCUT2D eigenvalue weighted by atomic mass is 9.91. The van der Waals surface area contributed by atoms with Crippen molar-refractivity contribution < 1.29 is 33.3 Å². The van der Waals surface area contributed by atoms with Crippen LogP contribution in [0.1, 0.15) is 54.5 Å². The van der Waals surface area contributed by atoms with Crippen LogP contribution >= 0.6 is 0 Å². The molecular weight excluding hydrogens is 691 g/mol. The molecule has 3 aromatic heterocycles. The summed E-state index contributed by atoms with van der Waals surface area (Å²) in [6.07, 6.45) is 0.844. The molecule has 0 radical (unpaired) electrons. The molecular formula is C37H44F3N9O4. The highest BCUT2D eigenvalue weighted by Gasteiger charge is 2.45. The number of carboxylic acid groups (broad SMARTS) is 1. The second kappa shape index (κ2) is 15.9. The molecule has 0 spiro atoms. The van der Waals surface area contributed by atoms with Crippen molar-refractivity contribution in [2.45, 2.75) is 68.6 Å². The molecule has 4 heterocycles. The number of likely N-dealkylation sites (N-methyl/N-ethyl adjacent to an activating group) is 1. The van der Waals surface area contributed by atoms with Crippen LogP contribution in [0.3, 0.4) is 0 Å². The Labute approximate surface area is 304 Å². The van der Waals surface area contributed by atoms with Crippen molar-refractivity contribution in [2.24, 2.45) is 0 Å². The average Bonchev–Trinajstić information content (AvgIpc) is 3.96. The second-order valence-electron chi connectivity index (χ2n) is 13.6. The first-order chi connectivity index (χ1) is 25.3. The van der Waals surface area contributed by atoms with Crippen LogP contribution in [0.5, 0.6) is 0 Å². The number of aliphatic carboxylic acids is 1. The molecule has 1 saturated carbocycles. The molecule has 0 bridgehead atoms. The number of aliphatic hydroxyl groups is 2. The monoisotopic (exact) mass is 735 g/mol. The standard InChI is InChI=1S/C35H43N9O2.C2HF3O2/c1-4-23-18-38-44(20-23)29-17-28(31(45)32(29)46)43-22-37-30-33(39-35(40-34(30)43)42-16-15-26(21-42)41(2)3)36-19-27(24-11-7-5-8-12-24)25-13-9-6-10-14-25;3-2(4,5)1(6)7/h5-14,18,20,22,26-29,31-32,45-46H,4,15-17,19,21H2,1-3H3,(H,36,39,40);(H,6,7)/t26-,28-,29+,31+,32-;/m1./s1. The molecule has 2 fully saturated rings. The molecule has 5 aromatic rings. The Morgan fingerprint density at radius 2 is 1.62 bits per heavy atom. The van der Waals surface area contributed by atoms with Crippen LogP contribution in [0.15, 0.2) is 79.4 Å². The normalized spacial score (nSPS) is 21.7. The highest BCUT2D eigenvalue weighted by Crippen LogP contribution is 2.40. The third-order valence-corrected chi connectivity index (χ3v) is 10.1. The predicted octanol–water partition coefficient (Wildman–Crippen LogP) is 4.51. The Balaban J connectivity index is 0.000000626. The Morgan fingerprint density at radius 3 is 2.17 bits per heavy atom. The number of imidazole rings is 1. The highest BCUT2D eigenvalue weighted by atomic mass is 19.4. The zero-order chi connectivity index (χ0) is 37.9. The number of alkyl halides is 3. The van der Waals surface area contributed by atoms with E-state index < -0.39 is 30.4 Å². The number of nitrogens with one attached hydrogen (secondary N) is 1. The summed E-state index contributed by atoms with van der Waals surface area (Å²) in [6.45, 7) is 4.37. The van der Waals surface area contributed by atoms with E-state index in [1.165, 1.54) is 11.1 Å². The van der Waals surface area contributed by atoms with E-state index in [4.69, 9.17) is 24.9 Å². The Bertz CT molecular complexity index is 1930. The van der Waals surface area contributed by atoms with E-state index in [-0.39, 0.29) is 12.0 Å². The van der Waals surface area contributed by atoms with Gasteiger partial charge in [-0.2, -0.15) is 28.2 Å². The molecule has 2 aliphatic rings. The van der Waals surface area contributed by atoms with Gasteiger partial charge in [0, 0.05) is 37.8 Å². The van der Waals surface area contributed by atoms with Crippen molar-refractivity contribution in [1.82, 2.24) is 34.2 Å². The first-order valence-electron chi connectivity index (χ1n) is 17.5. The number of anilines is 2. The van der Waals surface area contributed by atoms with Gasteiger partial charge in [-0.1, -0.05) is 67.6 Å². The summed E-state index contributed by atoms with van der Waals surface area (Å²) in [5.41, 5.74) is 4.80. The summed E-state index contributed by atoms with van der Waals surface area (Å²) < 4.78 is 35.5. The van der Waals surface area contributed by atoms with Crippen molar-refractivity contribution >= 4 is 28.9 Å². The molecule has 13 nitrogen and oxygen atoms in total. The summed E-state index contributed by atoms with van der Waals surface area (Å²) in [7, 11) is 4.22. The number of carbonyl (C=O) groups is 1. The summed E-state index contributed by atoms with van der Waals surface area (Å²) >= 11 is 0. The van der Waals surface area contributed by atoms with Gasteiger partial charge in [-0.3, -0.25) is 4.68 Å². The smallest absolute Gasteiger partial charge is 0.475 e. The summed E-state index contributed by atoms with van der Waals surface area (Å²) in [6, 6.07) is 20.6. The molecule has 1 aliphatic heterocycles. The van der Waals surface area contributed by atoms with Gasteiger partial charge in [-0.25, -0.2) is 9.78 Å². The van der Waals surface area contributed by atoms with Crippen molar-refractivity contribution in [3.05, 3.63) is 96.1 Å². The lowest BCUT2D eigenvalue weighted by Gasteiger charge is -2.23. The fourth-order valence-corrected chi connectivity index (χ4v) is 7.02. The maximum absolute atomic E-state index is 11.3. The fraction of sp³-hybridized carbons (Fsp3) is 0.432. The number of nitrogens with zero attached hydrogens (tertiary/aromatic N) is 8. The van der Waals surface area contributed by atoms with Gasteiger partial charge in [0.2, 0.25) is 5.95 Å². The lowest BCUT2D eigenvalue weighted by molar-refractivity contribution is -0.192. The SMILES string of the molecule is CCc1cnn([C@H]2C[C@@H](n3cnc4c(NCC(c5ccccc5)c5ccccc5)nc(N5CC[C@@H](N(C)C)C5)nc43)[C@H](O)[C@@H]2O)c1.O=C(O)C(F)(F)F. The van der Waals surface area contributed by atoms with Crippen molar-refractivity contribution in [3.63, 3.8) is 0 Å². The van der Waals surface area contributed by atoms with Crippen LogP contribution in [0.2, 0.25) is 0 Å². The Kier molecular flexibility index (Phi) is 11.3. The second-order valence-corrected chi connectivity index (χ2v) is 13.6. The zero-order valence-corrected chi connectivity index (χ0v) is 29.7. The van der Waals surface area contributed by atoms with Gasteiger partial charge < -0.3 is 35.0 Å². The molecule has 4 N–H and O–H groups in total. The third-order valence-electron chi connectivity index (χ3n) is 10.1. The first kappa shape index (κ1) is 37.7. The molecule has 1 aliphatic carbocycles. The van der Waals surface area contributed by atoms with Crippen LogP contribution in [-0.4, -0.2) is 114 Å². The number of hydrogen-bond donors (Lipinski definition) is 4. The van der Waals surface area contributed by atoms with Gasteiger partial charge >= 0.3 is 12.1 Å². The highest BCUT2D eigenvalue weighted by molar-refractivity contribution is 5.84. The molecule has 0 amide bonds. The number of rotatable bonds is 10. The van der Waals surface area contributed by atoms with E-state index in [0.29, 0.717) is 41.9 Å². The van der Waals surface area contributed by atoms with E-state index >= 15 is 0 Å². The van der Waals surface area contributed by atoms with Gasteiger partial charge in [0.15, 0.2) is 17.0 Å². The van der Waals surface area contributed by atoms with Crippen LogP contribution in [0, 0.1) is 0 Å². The van der Waals surface area contributed by atoms with Crippen molar-refractivity contribution in [3.8, 4) is 0 Å². The number of aryl methyl sites for hydroxylation is 1. The molecule has 53 heavy (non-hydrogen) atoms. The van der Waals surface area contributed by atoms with Crippen LogP contribution in [0.4, 0.5) is 24.9 Å². The minimum atomic E-state index is -5.08. The van der Waals surface area contributed by atoms with Gasteiger partial charge in [0.25, 0.3) is 0 Å². The van der Waals surface area contributed by atoms with Crippen LogP contribution in [0.25, 0.3) is 11.2 Å². The molecule has 16 heteroatoms. The van der Waals surface area contributed by atoms with Crippen LogP contribution < -0.4 is 10.2 Å². The molecule has 7 rings (SSSR count). The Morgan fingerprint density at radius 1 is 1.00 bits per heavy atom. The van der Waals surface area contributed by atoms with E-state index in [1.54, 1.807) is 11.0 Å². The minimum Gasteiger partial charge on any atom is -0.475 e. The molecule has 2 aromatic carbocycles. The summed E-state index contributed by atoms with van der Waals surface area (Å²) in [5, 5.41) is 37.8. The average molecular weight is 736 g/mol. The maximum atomic E-state index is 11.3. The fourth-order valence-electron chi connectivity index (χ4n) is 7.02. The minimum absolute atomic E-state index is 0.0949. The molecule has 5 atom stereocenters. The lowest BCUT2D eigenvalue weighted by Crippen LogP contribution is -2.32. The molecule has 282 valence electrons. The predicted molar refractivity (Wildman–Crippen MR) is 193 cm³/mol. The topological polar surface area (TPSA) is 158 Å². The van der Waals surface area contributed by atoms with Crippen molar-refractivity contribution in [1.29, 1.82) is 0 Å². The number of halogens is 3. The van der Waals surface area contributed by atoms with E-state index in [2.05, 4.69) is 89.8 Å². The summed E-state index contributed by atoms with van der Waals surface area (Å²) in [5.74, 6) is -1.36. The van der Waals surface area contributed by atoms with E-state index in [9.17, 15) is 23.4 Å². The van der Waals surface area contributed by atoms with E-state index in [0.717, 1.165) is 31.5 Å². The van der Waals surface area contributed by atoms with Gasteiger partial charge in [-0.05, 0) is 50.0 Å². The van der Waals surface area contributed by atoms with Gasteiger partial charge in [-0.15, -0.1) is 0 Å². The maximum Gasteiger partial charge on any atom is 0.490 e. The molecule has 0 unspecified atom stereocenters. The quantitative estimate of drug-likeness (QED) is 0.160. The van der Waals surface area contributed by atoms with E-state index in [1.807, 2.05) is 29.1 Å². The number of hydrogen-bond acceptors (Lipinski definition) is 10. The zero-order valence-electron chi connectivity index (χ0n) is 29.7. The number of carboxylic acids is 1. The number of aliphatic hydroxyl groups excluding tert-OH is 2. The van der Waals surface area contributed by atoms with Crippen molar-refractivity contribution in [2.75, 3.05) is 43.9 Å². The number of benzene rings is 2. The number of aromatic nitrogens is 6. The molecule has 1 saturated heterocycles. The van der Waals surface area contributed by atoms with Crippen LogP contribution in [-0.2, 0) is 11.2 Å².